The van der Waals surface area contributed by atoms with Crippen molar-refractivity contribution in [3.8, 4) is 5.75 Å². The maximum atomic E-state index is 10.8. The summed E-state index contributed by atoms with van der Waals surface area (Å²) in [5.74, 6) is 0.279. The Balaban J connectivity index is 2.34. The molecule has 0 aliphatic heterocycles. The van der Waals surface area contributed by atoms with Crippen LogP contribution in [-0.4, -0.2) is 11.4 Å². The van der Waals surface area contributed by atoms with Crippen molar-refractivity contribution in [3.63, 3.8) is 0 Å². The molecule has 0 bridgehead atoms. The summed E-state index contributed by atoms with van der Waals surface area (Å²) in [6, 6.07) is 14.6. The van der Waals surface area contributed by atoms with E-state index in [1.165, 1.54) is 0 Å². The zero-order valence-electron chi connectivity index (χ0n) is 8.55. The number of aldehydes is 1. The fourth-order valence-corrected chi connectivity index (χ4v) is 2.59. The van der Waals surface area contributed by atoms with Crippen LogP contribution in [0, 0.1) is 0 Å². The zero-order chi connectivity index (χ0) is 11.4. The van der Waals surface area contributed by atoms with E-state index in [1.54, 1.807) is 18.2 Å². The first-order valence-corrected chi connectivity index (χ1v) is 5.90. The van der Waals surface area contributed by atoms with Crippen LogP contribution in [0.4, 0.5) is 0 Å². The van der Waals surface area contributed by atoms with Gasteiger partial charge in [0.05, 0.1) is 0 Å². The van der Waals surface area contributed by atoms with Gasteiger partial charge in [-0.25, -0.2) is 0 Å². The Labute approximate surface area is 95.7 Å². The average molecular weight is 230 g/mol. The van der Waals surface area contributed by atoms with E-state index in [9.17, 15) is 9.90 Å². The second-order valence-electron chi connectivity index (χ2n) is 3.35. The van der Waals surface area contributed by atoms with Crippen molar-refractivity contribution in [2.45, 2.75) is 0 Å². The van der Waals surface area contributed by atoms with Crippen LogP contribution in [0.15, 0.2) is 48.5 Å². The molecule has 1 unspecified atom stereocenters. The van der Waals surface area contributed by atoms with Crippen LogP contribution >= 0.6 is 8.58 Å². The predicted molar refractivity (Wildman–Crippen MR) is 67.5 cm³/mol. The Hall–Kier alpha value is -1.66. The van der Waals surface area contributed by atoms with Crippen LogP contribution < -0.4 is 10.6 Å². The van der Waals surface area contributed by atoms with Crippen molar-refractivity contribution in [1.29, 1.82) is 0 Å². The number of carbonyl (C=O) groups is 1. The summed E-state index contributed by atoms with van der Waals surface area (Å²) in [4.78, 5) is 10.8. The van der Waals surface area contributed by atoms with Gasteiger partial charge in [-0.3, -0.25) is 4.79 Å². The van der Waals surface area contributed by atoms with Crippen molar-refractivity contribution in [1.82, 2.24) is 0 Å². The third-order valence-corrected chi connectivity index (χ3v) is 3.68. The van der Waals surface area contributed by atoms with E-state index in [0.717, 1.165) is 16.9 Å². The minimum atomic E-state index is 0.279. The van der Waals surface area contributed by atoms with Gasteiger partial charge in [-0.2, -0.15) is 0 Å². The third kappa shape index (κ3) is 2.29. The van der Waals surface area contributed by atoms with Crippen LogP contribution in [0.25, 0.3) is 0 Å². The van der Waals surface area contributed by atoms with Gasteiger partial charge in [0.1, 0.15) is 5.75 Å². The Morgan fingerprint density at radius 3 is 2.25 bits per heavy atom. The number of para-hydroxylation sites is 1. The molecular formula is C13H11O2P. The number of hydrogen-bond acceptors (Lipinski definition) is 2. The van der Waals surface area contributed by atoms with Gasteiger partial charge < -0.3 is 5.11 Å². The molecule has 2 rings (SSSR count). The fourth-order valence-electron chi connectivity index (χ4n) is 1.44. The maximum absolute atomic E-state index is 10.8. The van der Waals surface area contributed by atoms with E-state index in [-0.39, 0.29) is 5.75 Å². The van der Waals surface area contributed by atoms with Gasteiger partial charge >= 0.3 is 0 Å². The van der Waals surface area contributed by atoms with E-state index < -0.39 is 0 Å². The first-order valence-electron chi connectivity index (χ1n) is 4.90. The molecule has 1 N–H and O–H groups in total. The number of carbonyl (C=O) groups excluding carboxylic acids is 1. The zero-order valence-corrected chi connectivity index (χ0v) is 9.55. The Morgan fingerprint density at radius 2 is 1.56 bits per heavy atom. The van der Waals surface area contributed by atoms with Gasteiger partial charge in [0.2, 0.25) is 0 Å². The van der Waals surface area contributed by atoms with Gasteiger partial charge in [-0.05, 0) is 11.4 Å². The van der Waals surface area contributed by atoms with E-state index in [4.69, 9.17) is 0 Å². The molecule has 3 heteroatoms. The standard InChI is InChI=1S/C13H11O2P/c14-9-10-5-1-3-7-12(10)16-13-8-4-2-6-11(13)15/h1-9,15-16H. The van der Waals surface area contributed by atoms with Crippen molar-refractivity contribution in [2.24, 2.45) is 0 Å². The quantitative estimate of drug-likeness (QED) is 0.645. The molecule has 0 radical (unpaired) electrons. The second kappa shape index (κ2) is 4.91. The molecule has 2 aromatic carbocycles. The summed E-state index contributed by atoms with van der Waals surface area (Å²) < 4.78 is 0. The molecule has 0 aliphatic carbocycles. The van der Waals surface area contributed by atoms with Gasteiger partial charge in [-0.1, -0.05) is 51.0 Å². The first kappa shape index (κ1) is 10.8. The lowest BCUT2D eigenvalue weighted by atomic mass is 10.2. The topological polar surface area (TPSA) is 37.3 Å². The highest BCUT2D eigenvalue weighted by molar-refractivity contribution is 7.56. The van der Waals surface area contributed by atoms with Crippen LogP contribution in [-0.2, 0) is 0 Å². The molecule has 0 amide bonds. The predicted octanol–water partition coefficient (Wildman–Crippen LogP) is 1.83. The molecule has 0 aromatic heterocycles. The smallest absolute Gasteiger partial charge is 0.150 e. The number of phenols is 1. The summed E-state index contributed by atoms with van der Waals surface area (Å²) in [6.07, 6.45) is 0.850. The number of phenolic OH excluding ortho intramolecular Hbond substituents is 1. The van der Waals surface area contributed by atoms with Gasteiger partial charge in [0.25, 0.3) is 0 Å². The van der Waals surface area contributed by atoms with Crippen molar-refractivity contribution < 1.29 is 9.90 Å². The second-order valence-corrected chi connectivity index (χ2v) is 4.67. The Bertz CT molecular complexity index is 509. The monoisotopic (exact) mass is 230 g/mol. The molecule has 80 valence electrons. The van der Waals surface area contributed by atoms with E-state index in [2.05, 4.69) is 0 Å². The lowest BCUT2D eigenvalue weighted by molar-refractivity contribution is 0.112. The number of hydrogen-bond donors (Lipinski definition) is 1. The average Bonchev–Trinajstić information content (AvgIpc) is 2.33. The molecule has 2 nitrogen and oxygen atoms in total. The van der Waals surface area contributed by atoms with E-state index in [1.807, 2.05) is 30.3 Å². The molecule has 0 fully saturated rings. The number of benzene rings is 2. The minimum Gasteiger partial charge on any atom is -0.507 e. The summed E-state index contributed by atoms with van der Waals surface area (Å²) in [5, 5.41) is 11.5. The summed E-state index contributed by atoms with van der Waals surface area (Å²) in [5.41, 5.74) is 0.684. The summed E-state index contributed by atoms with van der Waals surface area (Å²) >= 11 is 0. The van der Waals surface area contributed by atoms with Crippen LogP contribution in [0.2, 0.25) is 0 Å². The molecule has 0 saturated carbocycles. The molecule has 2 aromatic rings. The van der Waals surface area contributed by atoms with Gasteiger partial charge in [0.15, 0.2) is 6.29 Å². The maximum Gasteiger partial charge on any atom is 0.150 e. The Morgan fingerprint density at radius 1 is 0.938 bits per heavy atom. The highest BCUT2D eigenvalue weighted by atomic mass is 31.1. The lowest BCUT2D eigenvalue weighted by Crippen LogP contribution is -2.08. The van der Waals surface area contributed by atoms with E-state index >= 15 is 0 Å². The molecule has 0 aliphatic rings. The van der Waals surface area contributed by atoms with E-state index in [0.29, 0.717) is 14.1 Å². The van der Waals surface area contributed by atoms with Crippen molar-refractivity contribution in [3.05, 3.63) is 54.1 Å². The van der Waals surface area contributed by atoms with Gasteiger partial charge in [0, 0.05) is 10.9 Å². The molecule has 0 spiro atoms. The molecule has 1 atom stereocenters. The first-order chi connectivity index (χ1) is 7.81. The van der Waals surface area contributed by atoms with Crippen molar-refractivity contribution >= 4 is 25.5 Å². The summed E-state index contributed by atoms with van der Waals surface area (Å²) in [6.45, 7) is 0. The van der Waals surface area contributed by atoms with Crippen LogP contribution in [0.1, 0.15) is 10.4 Å². The largest absolute Gasteiger partial charge is 0.507 e. The molecular weight excluding hydrogens is 219 g/mol. The fraction of sp³-hybridized carbons (Fsp3) is 0. The minimum absolute atomic E-state index is 0.279. The third-order valence-electron chi connectivity index (χ3n) is 2.26. The normalized spacial score (nSPS) is 10.8. The number of aromatic hydroxyl groups is 1. The summed E-state index contributed by atoms with van der Waals surface area (Å²) in [7, 11) is 0.300. The highest BCUT2D eigenvalue weighted by Crippen LogP contribution is 2.18. The molecule has 0 heterocycles. The molecule has 16 heavy (non-hydrogen) atoms. The molecule has 0 saturated heterocycles. The van der Waals surface area contributed by atoms with Crippen molar-refractivity contribution in [2.75, 3.05) is 0 Å². The highest BCUT2D eigenvalue weighted by Gasteiger charge is 2.04. The Kier molecular flexibility index (Phi) is 3.33. The van der Waals surface area contributed by atoms with Crippen LogP contribution in [0.5, 0.6) is 5.75 Å². The lowest BCUT2D eigenvalue weighted by Gasteiger charge is -2.06. The van der Waals surface area contributed by atoms with Gasteiger partial charge in [-0.15, -0.1) is 0 Å². The number of rotatable bonds is 3. The van der Waals surface area contributed by atoms with Crippen LogP contribution in [0.3, 0.4) is 0 Å². The SMILES string of the molecule is O=Cc1ccccc1Pc1ccccc1O.